The van der Waals surface area contributed by atoms with Gasteiger partial charge in [0.05, 0.1) is 7.11 Å². The number of nitrogens with one attached hydrogen (secondary N) is 1. The van der Waals surface area contributed by atoms with Crippen LogP contribution in [-0.4, -0.2) is 18.6 Å². The van der Waals surface area contributed by atoms with Gasteiger partial charge in [0.2, 0.25) is 0 Å². The normalized spacial score (nSPS) is 28.0. The molecule has 0 amide bonds. The SMILES string of the molecule is COC(=O)C1(Nc2ccccc2Br)CC(C)CC(C)(C)C1. The van der Waals surface area contributed by atoms with Crippen molar-refractivity contribution in [3.05, 3.63) is 28.7 Å². The topological polar surface area (TPSA) is 38.3 Å². The average Bonchev–Trinajstić information content (AvgIpc) is 2.38. The number of halogens is 1. The van der Waals surface area contributed by atoms with Gasteiger partial charge in [0.25, 0.3) is 0 Å². The van der Waals surface area contributed by atoms with Crippen LogP contribution in [0.2, 0.25) is 0 Å². The third-order valence-electron chi connectivity index (χ3n) is 4.20. The summed E-state index contributed by atoms with van der Waals surface area (Å²) in [6, 6.07) is 7.90. The maximum atomic E-state index is 12.5. The molecule has 0 spiro atoms. The summed E-state index contributed by atoms with van der Waals surface area (Å²) in [4.78, 5) is 12.5. The first-order chi connectivity index (χ1) is 9.78. The highest BCUT2D eigenvalue weighted by atomic mass is 79.9. The first-order valence-electron chi connectivity index (χ1n) is 7.39. The maximum absolute atomic E-state index is 12.5. The van der Waals surface area contributed by atoms with Crippen LogP contribution in [0.5, 0.6) is 0 Å². The predicted octanol–water partition coefficient (Wildman–Crippen LogP) is 4.62. The summed E-state index contributed by atoms with van der Waals surface area (Å²) in [6.45, 7) is 6.66. The minimum Gasteiger partial charge on any atom is -0.467 e. The number of anilines is 1. The number of benzene rings is 1. The van der Waals surface area contributed by atoms with Gasteiger partial charge in [0, 0.05) is 10.2 Å². The Bertz CT molecular complexity index is 529. The lowest BCUT2D eigenvalue weighted by molar-refractivity contribution is -0.149. The van der Waals surface area contributed by atoms with Crippen LogP contribution in [0.1, 0.15) is 40.0 Å². The molecule has 0 aliphatic heterocycles. The van der Waals surface area contributed by atoms with E-state index < -0.39 is 5.54 Å². The van der Waals surface area contributed by atoms with Gasteiger partial charge in [0.1, 0.15) is 5.54 Å². The largest absolute Gasteiger partial charge is 0.467 e. The number of hydrogen-bond acceptors (Lipinski definition) is 3. The summed E-state index contributed by atoms with van der Waals surface area (Å²) >= 11 is 3.55. The number of methoxy groups -OCH3 is 1. The number of carbonyl (C=O) groups is 1. The lowest BCUT2D eigenvalue weighted by Gasteiger charge is -2.46. The van der Waals surface area contributed by atoms with Gasteiger partial charge in [-0.2, -0.15) is 0 Å². The minimum atomic E-state index is -0.653. The van der Waals surface area contributed by atoms with Crippen molar-refractivity contribution in [3.63, 3.8) is 0 Å². The van der Waals surface area contributed by atoms with Crippen LogP contribution in [0.15, 0.2) is 28.7 Å². The second-order valence-electron chi connectivity index (χ2n) is 7.03. The molecule has 0 saturated heterocycles. The third kappa shape index (κ3) is 3.60. The van der Waals surface area contributed by atoms with Crippen molar-refractivity contribution in [2.24, 2.45) is 11.3 Å². The van der Waals surface area contributed by atoms with Gasteiger partial charge in [-0.15, -0.1) is 0 Å². The third-order valence-corrected chi connectivity index (χ3v) is 4.89. The van der Waals surface area contributed by atoms with E-state index in [1.807, 2.05) is 24.3 Å². The molecule has 2 unspecified atom stereocenters. The molecular weight excluding hydrogens is 330 g/mol. The van der Waals surface area contributed by atoms with Crippen molar-refractivity contribution in [2.75, 3.05) is 12.4 Å². The van der Waals surface area contributed by atoms with Crippen LogP contribution in [-0.2, 0) is 9.53 Å². The molecule has 21 heavy (non-hydrogen) atoms. The van der Waals surface area contributed by atoms with Gasteiger partial charge < -0.3 is 10.1 Å². The summed E-state index contributed by atoms with van der Waals surface area (Å²) < 4.78 is 6.09. The van der Waals surface area contributed by atoms with Crippen LogP contribution in [0.3, 0.4) is 0 Å². The predicted molar refractivity (Wildman–Crippen MR) is 89.3 cm³/mol. The maximum Gasteiger partial charge on any atom is 0.331 e. The van der Waals surface area contributed by atoms with Crippen molar-refractivity contribution in [2.45, 2.75) is 45.6 Å². The van der Waals surface area contributed by atoms with E-state index in [0.717, 1.165) is 29.4 Å². The van der Waals surface area contributed by atoms with Crippen LogP contribution in [0, 0.1) is 11.3 Å². The van der Waals surface area contributed by atoms with Crippen molar-refractivity contribution < 1.29 is 9.53 Å². The molecule has 2 rings (SSSR count). The van der Waals surface area contributed by atoms with Gasteiger partial charge in [-0.25, -0.2) is 4.79 Å². The lowest BCUT2D eigenvalue weighted by atomic mass is 9.64. The average molecular weight is 354 g/mol. The Morgan fingerprint density at radius 3 is 2.57 bits per heavy atom. The molecule has 0 radical (unpaired) electrons. The fourth-order valence-electron chi connectivity index (χ4n) is 3.89. The van der Waals surface area contributed by atoms with E-state index in [1.54, 1.807) is 0 Å². The Hall–Kier alpha value is -1.03. The first kappa shape index (κ1) is 16.3. The highest BCUT2D eigenvalue weighted by Crippen LogP contribution is 2.46. The molecule has 1 saturated carbocycles. The molecule has 1 aliphatic rings. The van der Waals surface area contributed by atoms with Crippen molar-refractivity contribution in [3.8, 4) is 0 Å². The molecule has 116 valence electrons. The molecule has 1 aromatic carbocycles. The Labute approximate surface area is 135 Å². The second-order valence-corrected chi connectivity index (χ2v) is 7.89. The van der Waals surface area contributed by atoms with E-state index in [2.05, 4.69) is 42.0 Å². The van der Waals surface area contributed by atoms with E-state index in [0.29, 0.717) is 5.92 Å². The lowest BCUT2D eigenvalue weighted by Crippen LogP contribution is -2.54. The van der Waals surface area contributed by atoms with Crippen LogP contribution < -0.4 is 5.32 Å². The highest BCUT2D eigenvalue weighted by Gasteiger charge is 2.49. The van der Waals surface area contributed by atoms with Crippen molar-refractivity contribution in [1.82, 2.24) is 0 Å². The summed E-state index contributed by atoms with van der Waals surface area (Å²) in [6.07, 6.45) is 2.70. The number of ether oxygens (including phenoxy) is 1. The zero-order chi connectivity index (χ0) is 15.7. The Morgan fingerprint density at radius 2 is 2.00 bits per heavy atom. The van der Waals surface area contributed by atoms with Crippen LogP contribution >= 0.6 is 15.9 Å². The molecular formula is C17H24BrNO2. The van der Waals surface area contributed by atoms with E-state index in [4.69, 9.17) is 4.74 Å². The van der Waals surface area contributed by atoms with E-state index >= 15 is 0 Å². The molecule has 1 N–H and O–H groups in total. The number of carbonyl (C=O) groups excluding carboxylic acids is 1. The quantitative estimate of drug-likeness (QED) is 0.805. The molecule has 1 fully saturated rings. The van der Waals surface area contributed by atoms with Gasteiger partial charge in [0.15, 0.2) is 0 Å². The fraction of sp³-hybridized carbons (Fsp3) is 0.588. The molecule has 0 aromatic heterocycles. The van der Waals surface area contributed by atoms with Crippen molar-refractivity contribution in [1.29, 1.82) is 0 Å². The second kappa shape index (κ2) is 5.99. The Morgan fingerprint density at radius 1 is 1.33 bits per heavy atom. The van der Waals surface area contributed by atoms with E-state index in [9.17, 15) is 4.79 Å². The number of hydrogen-bond donors (Lipinski definition) is 1. The highest BCUT2D eigenvalue weighted by molar-refractivity contribution is 9.10. The zero-order valence-corrected chi connectivity index (χ0v) is 14.8. The molecule has 2 atom stereocenters. The molecule has 4 heteroatoms. The van der Waals surface area contributed by atoms with Gasteiger partial charge in [-0.1, -0.05) is 32.9 Å². The van der Waals surface area contributed by atoms with Crippen LogP contribution in [0.25, 0.3) is 0 Å². The number of para-hydroxylation sites is 1. The fourth-order valence-corrected chi connectivity index (χ4v) is 4.27. The standard InChI is InChI=1S/C17H24BrNO2/c1-12-9-16(2,3)11-17(10-12,15(20)21-4)19-14-8-6-5-7-13(14)18/h5-8,12,19H,9-11H2,1-4H3. The monoisotopic (exact) mass is 353 g/mol. The molecule has 0 heterocycles. The first-order valence-corrected chi connectivity index (χ1v) is 8.18. The smallest absolute Gasteiger partial charge is 0.331 e. The Kier molecular flexibility index (Phi) is 4.66. The summed E-state index contributed by atoms with van der Waals surface area (Å²) in [5.41, 5.74) is 0.396. The van der Waals surface area contributed by atoms with Gasteiger partial charge >= 0.3 is 5.97 Å². The van der Waals surface area contributed by atoms with Gasteiger partial charge in [-0.05, 0) is 58.7 Å². The van der Waals surface area contributed by atoms with Crippen molar-refractivity contribution >= 4 is 27.6 Å². The Balaban J connectivity index is 2.38. The van der Waals surface area contributed by atoms with E-state index in [-0.39, 0.29) is 11.4 Å². The summed E-state index contributed by atoms with van der Waals surface area (Å²) in [7, 11) is 1.47. The molecule has 1 aliphatic carbocycles. The van der Waals surface area contributed by atoms with Gasteiger partial charge in [-0.3, -0.25) is 0 Å². The minimum absolute atomic E-state index is 0.111. The molecule has 1 aromatic rings. The molecule has 0 bridgehead atoms. The number of rotatable bonds is 3. The number of esters is 1. The zero-order valence-electron chi connectivity index (χ0n) is 13.2. The summed E-state index contributed by atoms with van der Waals surface area (Å²) in [5.74, 6) is 0.306. The van der Waals surface area contributed by atoms with Crippen LogP contribution in [0.4, 0.5) is 5.69 Å². The van der Waals surface area contributed by atoms with E-state index in [1.165, 1.54) is 7.11 Å². The summed E-state index contributed by atoms with van der Waals surface area (Å²) in [5, 5.41) is 3.48. The molecule has 3 nitrogen and oxygen atoms in total.